The van der Waals surface area contributed by atoms with Crippen molar-refractivity contribution in [3.63, 3.8) is 0 Å². The number of carbonyl (C=O) groups excluding carboxylic acids is 1. The van der Waals surface area contributed by atoms with Crippen LogP contribution in [0, 0.1) is 0 Å². The highest BCUT2D eigenvalue weighted by Gasteiger charge is 2.16. The van der Waals surface area contributed by atoms with Crippen molar-refractivity contribution in [2.45, 2.75) is 25.1 Å². The SMILES string of the molecule is CCC(NC(=O)CSCc1nc2ccccc2s1)c1ccccc1OC. The molecule has 0 fully saturated rings. The molecule has 0 saturated carbocycles. The molecule has 6 heteroatoms. The summed E-state index contributed by atoms with van der Waals surface area (Å²) in [5.74, 6) is 2.01. The molecule has 3 aromatic rings. The molecule has 0 aliphatic rings. The lowest BCUT2D eigenvalue weighted by Gasteiger charge is -2.19. The van der Waals surface area contributed by atoms with E-state index in [1.54, 1.807) is 30.2 Å². The van der Waals surface area contributed by atoms with Crippen LogP contribution in [0.5, 0.6) is 5.75 Å². The number of rotatable bonds is 8. The summed E-state index contributed by atoms with van der Waals surface area (Å²) < 4.78 is 6.60. The van der Waals surface area contributed by atoms with Crippen molar-refractivity contribution in [3.05, 3.63) is 59.1 Å². The molecule has 136 valence electrons. The molecule has 0 aliphatic heterocycles. The summed E-state index contributed by atoms with van der Waals surface area (Å²) in [6, 6.07) is 15.9. The number of carbonyl (C=O) groups is 1. The number of hydrogen-bond donors (Lipinski definition) is 1. The summed E-state index contributed by atoms with van der Waals surface area (Å²) in [7, 11) is 1.65. The minimum atomic E-state index is -0.0401. The average Bonchev–Trinajstić information content (AvgIpc) is 3.09. The standard InChI is InChI=1S/C20H22N2O2S2/c1-3-15(14-8-4-6-10-17(14)24-2)21-19(23)12-25-13-20-22-16-9-5-7-11-18(16)26-20/h4-11,15H,3,12-13H2,1-2H3,(H,21,23). The summed E-state index contributed by atoms with van der Waals surface area (Å²) in [6.07, 6.45) is 0.814. The van der Waals surface area contributed by atoms with E-state index in [0.29, 0.717) is 5.75 Å². The van der Waals surface area contributed by atoms with E-state index < -0.39 is 0 Å². The molecule has 2 aromatic carbocycles. The van der Waals surface area contributed by atoms with Gasteiger partial charge in [0.05, 0.1) is 29.1 Å². The molecule has 0 saturated heterocycles. The molecule has 1 atom stereocenters. The Hall–Kier alpha value is -2.05. The van der Waals surface area contributed by atoms with E-state index in [9.17, 15) is 4.79 Å². The van der Waals surface area contributed by atoms with Crippen LogP contribution in [0.3, 0.4) is 0 Å². The van der Waals surface area contributed by atoms with Gasteiger partial charge in [0.15, 0.2) is 0 Å². The molecule has 1 amide bonds. The maximum absolute atomic E-state index is 12.4. The van der Waals surface area contributed by atoms with Crippen LogP contribution in [-0.4, -0.2) is 23.8 Å². The van der Waals surface area contributed by atoms with Crippen LogP contribution in [0.25, 0.3) is 10.2 Å². The van der Waals surface area contributed by atoms with Crippen molar-refractivity contribution in [1.29, 1.82) is 0 Å². The molecular weight excluding hydrogens is 364 g/mol. The number of nitrogens with one attached hydrogen (secondary N) is 1. The number of benzene rings is 2. The fourth-order valence-corrected chi connectivity index (χ4v) is 4.66. The van der Waals surface area contributed by atoms with Crippen LogP contribution >= 0.6 is 23.1 Å². The number of nitrogens with zero attached hydrogens (tertiary/aromatic N) is 1. The third-order valence-electron chi connectivity index (χ3n) is 4.05. The molecule has 0 aliphatic carbocycles. The van der Waals surface area contributed by atoms with Crippen molar-refractivity contribution in [2.75, 3.05) is 12.9 Å². The Morgan fingerprint density at radius 1 is 1.23 bits per heavy atom. The quantitative estimate of drug-likeness (QED) is 0.604. The largest absolute Gasteiger partial charge is 0.496 e. The highest BCUT2D eigenvalue weighted by atomic mass is 32.2. The number of thiazole rings is 1. The molecular formula is C20H22N2O2S2. The van der Waals surface area contributed by atoms with Gasteiger partial charge in [0.1, 0.15) is 10.8 Å². The van der Waals surface area contributed by atoms with E-state index in [2.05, 4.69) is 23.3 Å². The van der Waals surface area contributed by atoms with Crippen molar-refractivity contribution < 1.29 is 9.53 Å². The normalized spacial score (nSPS) is 12.1. The van der Waals surface area contributed by atoms with Gasteiger partial charge in [0, 0.05) is 11.3 Å². The monoisotopic (exact) mass is 386 g/mol. The zero-order valence-corrected chi connectivity index (χ0v) is 16.5. The smallest absolute Gasteiger partial charge is 0.230 e. The van der Waals surface area contributed by atoms with Gasteiger partial charge in [-0.25, -0.2) is 4.98 Å². The summed E-state index contributed by atoms with van der Waals surface area (Å²) in [4.78, 5) is 17.0. The van der Waals surface area contributed by atoms with Crippen LogP contribution in [0.4, 0.5) is 0 Å². The zero-order valence-electron chi connectivity index (χ0n) is 14.9. The first-order chi connectivity index (χ1) is 12.7. The average molecular weight is 387 g/mol. The topological polar surface area (TPSA) is 51.2 Å². The Labute approximate surface area is 162 Å². The maximum atomic E-state index is 12.4. The first-order valence-electron chi connectivity index (χ1n) is 8.55. The number of hydrogen-bond acceptors (Lipinski definition) is 5. The molecule has 3 rings (SSSR count). The molecule has 0 bridgehead atoms. The molecule has 1 unspecified atom stereocenters. The van der Waals surface area contributed by atoms with Crippen LogP contribution in [-0.2, 0) is 10.5 Å². The van der Waals surface area contributed by atoms with Crippen LogP contribution in [0.1, 0.15) is 30.0 Å². The molecule has 1 heterocycles. The number of para-hydroxylation sites is 2. The zero-order chi connectivity index (χ0) is 18.4. The second-order valence-electron chi connectivity index (χ2n) is 5.84. The van der Waals surface area contributed by atoms with Gasteiger partial charge in [0.25, 0.3) is 0 Å². The molecule has 1 aromatic heterocycles. The maximum Gasteiger partial charge on any atom is 0.230 e. The third kappa shape index (κ3) is 4.56. The Balaban J connectivity index is 1.54. The summed E-state index contributed by atoms with van der Waals surface area (Å²) in [5, 5.41) is 4.17. The lowest BCUT2D eigenvalue weighted by molar-refractivity contribution is -0.119. The van der Waals surface area contributed by atoms with Crippen LogP contribution < -0.4 is 10.1 Å². The molecule has 26 heavy (non-hydrogen) atoms. The Kier molecular flexibility index (Phi) is 6.52. The van der Waals surface area contributed by atoms with E-state index in [4.69, 9.17) is 4.74 Å². The number of methoxy groups -OCH3 is 1. The van der Waals surface area contributed by atoms with Crippen molar-refractivity contribution in [2.24, 2.45) is 0 Å². The minimum absolute atomic E-state index is 0.0360. The van der Waals surface area contributed by atoms with Crippen molar-refractivity contribution >= 4 is 39.2 Å². The highest BCUT2D eigenvalue weighted by Crippen LogP contribution is 2.27. The van der Waals surface area contributed by atoms with E-state index >= 15 is 0 Å². The molecule has 0 spiro atoms. The van der Waals surface area contributed by atoms with Crippen LogP contribution in [0.15, 0.2) is 48.5 Å². The summed E-state index contributed by atoms with van der Waals surface area (Å²) >= 11 is 3.28. The second kappa shape index (κ2) is 9.05. The number of aromatic nitrogens is 1. The Bertz CT molecular complexity index is 846. The molecule has 0 radical (unpaired) electrons. The fraction of sp³-hybridized carbons (Fsp3) is 0.300. The Morgan fingerprint density at radius 2 is 2.00 bits per heavy atom. The predicted octanol–water partition coefficient (Wildman–Crippen LogP) is 4.81. The van der Waals surface area contributed by atoms with Gasteiger partial charge in [-0.15, -0.1) is 23.1 Å². The first-order valence-corrected chi connectivity index (χ1v) is 10.5. The van der Waals surface area contributed by atoms with Gasteiger partial charge in [-0.3, -0.25) is 4.79 Å². The van der Waals surface area contributed by atoms with Gasteiger partial charge in [-0.1, -0.05) is 37.3 Å². The first kappa shape index (κ1) is 18.7. The molecule has 4 nitrogen and oxygen atoms in total. The number of amides is 1. The predicted molar refractivity (Wildman–Crippen MR) is 110 cm³/mol. The molecule has 1 N–H and O–H groups in total. The number of ether oxygens (including phenoxy) is 1. The summed E-state index contributed by atoms with van der Waals surface area (Å²) in [6.45, 7) is 2.06. The van der Waals surface area contributed by atoms with Gasteiger partial charge in [-0.05, 0) is 24.6 Å². The number of thioether (sulfide) groups is 1. The Morgan fingerprint density at radius 3 is 2.77 bits per heavy atom. The van der Waals surface area contributed by atoms with Crippen molar-refractivity contribution in [1.82, 2.24) is 10.3 Å². The fourth-order valence-electron chi connectivity index (χ4n) is 2.80. The highest BCUT2D eigenvalue weighted by molar-refractivity contribution is 7.99. The minimum Gasteiger partial charge on any atom is -0.496 e. The van der Waals surface area contributed by atoms with Gasteiger partial charge in [-0.2, -0.15) is 0 Å². The third-order valence-corrected chi connectivity index (χ3v) is 6.22. The van der Waals surface area contributed by atoms with E-state index in [-0.39, 0.29) is 11.9 Å². The van der Waals surface area contributed by atoms with E-state index in [1.807, 2.05) is 42.5 Å². The van der Waals surface area contributed by atoms with E-state index in [1.165, 1.54) is 4.70 Å². The van der Waals surface area contributed by atoms with Gasteiger partial charge < -0.3 is 10.1 Å². The number of fused-ring (bicyclic) bond motifs is 1. The van der Waals surface area contributed by atoms with E-state index in [0.717, 1.165) is 34.0 Å². The second-order valence-corrected chi connectivity index (χ2v) is 7.94. The summed E-state index contributed by atoms with van der Waals surface area (Å²) in [5.41, 5.74) is 2.04. The van der Waals surface area contributed by atoms with Crippen molar-refractivity contribution in [3.8, 4) is 5.75 Å². The lowest BCUT2D eigenvalue weighted by Crippen LogP contribution is -2.29. The lowest BCUT2D eigenvalue weighted by atomic mass is 10.0. The van der Waals surface area contributed by atoms with Gasteiger partial charge in [0.2, 0.25) is 5.91 Å². The van der Waals surface area contributed by atoms with Crippen LogP contribution in [0.2, 0.25) is 0 Å². The van der Waals surface area contributed by atoms with Gasteiger partial charge >= 0.3 is 0 Å².